The van der Waals surface area contributed by atoms with Crippen LogP contribution >= 0.6 is 0 Å². The third-order valence-corrected chi connectivity index (χ3v) is 5.19. The number of benzene rings is 2. The van der Waals surface area contributed by atoms with E-state index in [1.165, 1.54) is 12.1 Å². The molecule has 4 rings (SSSR count). The first kappa shape index (κ1) is 17.1. The first-order chi connectivity index (χ1) is 12.5. The van der Waals surface area contributed by atoms with Crippen LogP contribution in [0, 0.1) is 11.6 Å². The van der Waals surface area contributed by atoms with Crippen LogP contribution in [0.3, 0.4) is 0 Å². The summed E-state index contributed by atoms with van der Waals surface area (Å²) in [5, 5.41) is 3.14. The van der Waals surface area contributed by atoms with E-state index < -0.39 is 17.2 Å². The van der Waals surface area contributed by atoms with Crippen LogP contribution in [0.25, 0.3) is 0 Å². The van der Waals surface area contributed by atoms with Crippen LogP contribution in [-0.2, 0) is 21.6 Å². The summed E-state index contributed by atoms with van der Waals surface area (Å²) < 4.78 is 32.8. The number of amides is 1. The van der Waals surface area contributed by atoms with Crippen LogP contribution in [0.1, 0.15) is 17.5 Å². The SMILES string of the molecule is O=C1CO[C@@H]2CN(Cc3cc(F)cc(F)c3)CC[C@@]2(c2ccccc2)N1. The molecule has 2 aromatic rings. The van der Waals surface area contributed by atoms with Gasteiger partial charge in [-0.15, -0.1) is 0 Å². The molecule has 0 aliphatic carbocycles. The van der Waals surface area contributed by atoms with E-state index in [-0.39, 0.29) is 18.6 Å². The lowest BCUT2D eigenvalue weighted by atomic mass is 9.77. The fourth-order valence-electron chi connectivity index (χ4n) is 4.02. The molecule has 2 heterocycles. The molecule has 0 saturated carbocycles. The Morgan fingerprint density at radius 3 is 2.62 bits per heavy atom. The first-order valence-corrected chi connectivity index (χ1v) is 8.71. The van der Waals surface area contributed by atoms with Gasteiger partial charge in [0.1, 0.15) is 18.2 Å². The molecule has 2 aliphatic rings. The van der Waals surface area contributed by atoms with Crippen molar-refractivity contribution in [2.75, 3.05) is 19.7 Å². The van der Waals surface area contributed by atoms with Gasteiger partial charge in [-0.2, -0.15) is 0 Å². The minimum absolute atomic E-state index is 0.0294. The van der Waals surface area contributed by atoms with Crippen LogP contribution in [0.5, 0.6) is 0 Å². The van der Waals surface area contributed by atoms with Gasteiger partial charge in [-0.1, -0.05) is 30.3 Å². The number of hydrogen-bond donors (Lipinski definition) is 1. The number of halogens is 2. The van der Waals surface area contributed by atoms with Crippen LogP contribution in [0.2, 0.25) is 0 Å². The van der Waals surface area contributed by atoms with Crippen molar-refractivity contribution >= 4 is 5.91 Å². The number of carbonyl (C=O) groups is 1. The van der Waals surface area contributed by atoms with E-state index in [1.807, 2.05) is 30.3 Å². The maximum Gasteiger partial charge on any atom is 0.246 e. The van der Waals surface area contributed by atoms with E-state index in [2.05, 4.69) is 10.2 Å². The smallest absolute Gasteiger partial charge is 0.246 e. The Bertz CT molecular complexity index is 794. The maximum atomic E-state index is 13.4. The van der Waals surface area contributed by atoms with E-state index in [0.717, 1.165) is 11.6 Å². The Morgan fingerprint density at radius 2 is 1.88 bits per heavy atom. The minimum Gasteiger partial charge on any atom is -0.364 e. The van der Waals surface area contributed by atoms with Crippen molar-refractivity contribution in [3.8, 4) is 0 Å². The summed E-state index contributed by atoms with van der Waals surface area (Å²) in [6, 6.07) is 13.4. The van der Waals surface area contributed by atoms with Crippen LogP contribution in [0.4, 0.5) is 8.78 Å². The van der Waals surface area contributed by atoms with Crippen molar-refractivity contribution in [3.63, 3.8) is 0 Å². The zero-order valence-corrected chi connectivity index (χ0v) is 14.3. The topological polar surface area (TPSA) is 41.6 Å². The third-order valence-electron chi connectivity index (χ3n) is 5.19. The van der Waals surface area contributed by atoms with Gasteiger partial charge in [-0.25, -0.2) is 8.78 Å². The molecule has 2 fully saturated rings. The maximum absolute atomic E-state index is 13.4. The number of fused-ring (bicyclic) bond motifs is 1. The van der Waals surface area contributed by atoms with Crippen molar-refractivity contribution < 1.29 is 18.3 Å². The van der Waals surface area contributed by atoms with Gasteiger partial charge in [0.25, 0.3) is 0 Å². The van der Waals surface area contributed by atoms with Crippen molar-refractivity contribution in [2.45, 2.75) is 24.6 Å². The summed E-state index contributed by atoms with van der Waals surface area (Å²) in [5.74, 6) is -1.26. The quantitative estimate of drug-likeness (QED) is 0.917. The molecule has 2 saturated heterocycles. The van der Waals surface area contributed by atoms with E-state index in [0.29, 0.717) is 31.6 Å². The highest BCUT2D eigenvalue weighted by molar-refractivity contribution is 5.79. The molecule has 136 valence electrons. The van der Waals surface area contributed by atoms with Crippen molar-refractivity contribution in [3.05, 3.63) is 71.3 Å². The number of nitrogens with zero attached hydrogens (tertiary/aromatic N) is 1. The molecule has 0 spiro atoms. The second-order valence-corrected chi connectivity index (χ2v) is 6.95. The second kappa shape index (κ2) is 6.78. The Labute approximate surface area is 150 Å². The zero-order valence-electron chi connectivity index (χ0n) is 14.3. The Hall–Kier alpha value is -2.31. The molecule has 0 bridgehead atoms. The predicted molar refractivity (Wildman–Crippen MR) is 92.3 cm³/mol. The van der Waals surface area contributed by atoms with Crippen LogP contribution < -0.4 is 5.32 Å². The van der Waals surface area contributed by atoms with Crippen LogP contribution in [0.15, 0.2) is 48.5 Å². The highest BCUT2D eigenvalue weighted by atomic mass is 19.1. The van der Waals surface area contributed by atoms with Gasteiger partial charge in [0.05, 0.1) is 11.6 Å². The number of carbonyl (C=O) groups excluding carboxylic acids is 1. The molecule has 0 aromatic heterocycles. The number of nitrogens with one attached hydrogen (secondary N) is 1. The molecule has 0 unspecified atom stereocenters. The minimum atomic E-state index is -0.572. The van der Waals surface area contributed by atoms with Gasteiger partial charge in [-0.05, 0) is 29.7 Å². The lowest BCUT2D eigenvalue weighted by molar-refractivity contribution is -0.152. The zero-order chi connectivity index (χ0) is 18.1. The Morgan fingerprint density at radius 1 is 1.15 bits per heavy atom. The van der Waals surface area contributed by atoms with Gasteiger partial charge in [0, 0.05) is 25.7 Å². The van der Waals surface area contributed by atoms with Gasteiger partial charge < -0.3 is 10.1 Å². The lowest BCUT2D eigenvalue weighted by Crippen LogP contribution is -2.66. The summed E-state index contributed by atoms with van der Waals surface area (Å²) in [6.07, 6.45) is 0.459. The third kappa shape index (κ3) is 3.22. The first-order valence-electron chi connectivity index (χ1n) is 8.71. The summed E-state index contributed by atoms with van der Waals surface area (Å²) in [5.41, 5.74) is 1.06. The molecule has 4 nitrogen and oxygen atoms in total. The van der Waals surface area contributed by atoms with E-state index in [4.69, 9.17) is 4.74 Å². The van der Waals surface area contributed by atoms with E-state index >= 15 is 0 Å². The summed E-state index contributed by atoms with van der Waals surface area (Å²) in [7, 11) is 0. The van der Waals surface area contributed by atoms with Gasteiger partial charge in [0.15, 0.2) is 0 Å². The van der Waals surface area contributed by atoms with Gasteiger partial charge >= 0.3 is 0 Å². The molecular weight excluding hydrogens is 338 g/mol. The monoisotopic (exact) mass is 358 g/mol. The van der Waals surface area contributed by atoms with Crippen molar-refractivity contribution in [1.82, 2.24) is 10.2 Å². The Kier molecular flexibility index (Phi) is 4.46. The molecule has 2 aromatic carbocycles. The number of ether oxygens (including phenoxy) is 1. The highest BCUT2D eigenvalue weighted by Gasteiger charge is 2.48. The fraction of sp³-hybridized carbons (Fsp3) is 0.350. The summed E-state index contributed by atoms with van der Waals surface area (Å²) in [6.45, 7) is 1.73. The fourth-order valence-corrected chi connectivity index (χ4v) is 4.02. The Balaban J connectivity index is 1.56. The highest BCUT2D eigenvalue weighted by Crippen LogP contribution is 2.37. The van der Waals surface area contributed by atoms with E-state index in [9.17, 15) is 13.6 Å². The number of hydrogen-bond acceptors (Lipinski definition) is 3. The van der Waals surface area contributed by atoms with Gasteiger partial charge in [-0.3, -0.25) is 9.69 Å². The molecule has 0 radical (unpaired) electrons. The predicted octanol–water partition coefficient (Wildman–Crippen LogP) is 2.58. The van der Waals surface area contributed by atoms with Gasteiger partial charge in [0.2, 0.25) is 5.91 Å². The average molecular weight is 358 g/mol. The standard InChI is InChI=1S/C20H20F2N2O2/c21-16-8-14(9-17(22)10-16)11-24-7-6-20(15-4-2-1-3-5-15)18(12-24)26-13-19(25)23-20/h1-5,8-10,18H,6-7,11-13H2,(H,23,25)/t18-,20+/m1/s1. The number of likely N-dealkylation sites (tertiary alicyclic amines) is 1. The number of rotatable bonds is 3. The number of morpholine rings is 1. The summed E-state index contributed by atoms with van der Waals surface area (Å²) in [4.78, 5) is 14.1. The molecule has 6 heteroatoms. The second-order valence-electron chi connectivity index (χ2n) is 6.95. The molecule has 1 amide bonds. The molecule has 2 aliphatic heterocycles. The molecular formula is C20H20F2N2O2. The van der Waals surface area contributed by atoms with E-state index in [1.54, 1.807) is 0 Å². The molecule has 2 atom stereocenters. The van der Waals surface area contributed by atoms with Crippen molar-refractivity contribution in [1.29, 1.82) is 0 Å². The summed E-state index contributed by atoms with van der Waals surface area (Å²) >= 11 is 0. The van der Waals surface area contributed by atoms with Crippen molar-refractivity contribution in [2.24, 2.45) is 0 Å². The largest absolute Gasteiger partial charge is 0.364 e. The van der Waals surface area contributed by atoms with Crippen LogP contribution in [-0.4, -0.2) is 36.6 Å². The molecule has 26 heavy (non-hydrogen) atoms. The lowest BCUT2D eigenvalue weighted by Gasteiger charge is -2.50. The number of piperidine rings is 1. The molecule has 1 N–H and O–H groups in total. The average Bonchev–Trinajstić information content (AvgIpc) is 2.62. The normalized spacial score (nSPS) is 26.2.